The molecule has 2 amide bonds. The monoisotopic (exact) mass is 476 g/mol. The van der Waals surface area contributed by atoms with Crippen molar-refractivity contribution in [2.75, 3.05) is 26.8 Å². The molecule has 0 radical (unpaired) electrons. The number of carbonyl (C=O) groups excluding carboxylic acids is 3. The van der Waals surface area contributed by atoms with Crippen molar-refractivity contribution in [1.29, 1.82) is 0 Å². The number of aryl methyl sites for hydroxylation is 1. The number of ether oxygens (including phenoxy) is 2. The minimum atomic E-state index is -0.772. The number of alkyl carbamates (subject to hydrolysis) is 1. The van der Waals surface area contributed by atoms with Crippen molar-refractivity contribution in [2.45, 2.75) is 51.8 Å². The molecule has 1 aromatic rings. The van der Waals surface area contributed by atoms with E-state index in [1.165, 1.54) is 16.6 Å². The first-order valence-electron chi connectivity index (χ1n) is 9.23. The van der Waals surface area contributed by atoms with Crippen LogP contribution in [0.25, 0.3) is 0 Å². The van der Waals surface area contributed by atoms with Gasteiger partial charge in [0.25, 0.3) is 6.33 Å². The maximum absolute atomic E-state index is 12.9. The first-order chi connectivity index (χ1) is 13.2. The lowest BCUT2D eigenvalue weighted by molar-refractivity contribution is -0.696. The van der Waals surface area contributed by atoms with Gasteiger partial charge in [-0.05, 0) is 20.8 Å². The van der Waals surface area contributed by atoms with Crippen LogP contribution in [-0.2, 0) is 27.2 Å². The Balaban J connectivity index is 0.00000420. The molecule has 2 rings (SSSR count). The van der Waals surface area contributed by atoms with Crippen molar-refractivity contribution >= 4 is 18.1 Å². The number of carbonyl (C=O) groups is 3. The van der Waals surface area contributed by atoms with E-state index < -0.39 is 23.7 Å². The van der Waals surface area contributed by atoms with Crippen LogP contribution < -0.4 is 26.9 Å². The molecule has 0 aliphatic carbocycles. The van der Waals surface area contributed by atoms with Crippen LogP contribution in [-0.4, -0.2) is 71.1 Å². The van der Waals surface area contributed by atoms with Crippen LogP contribution in [0.1, 0.15) is 32.9 Å². The fraction of sp³-hybridized carbons (Fsp3) is 0.667. The second-order valence-corrected chi connectivity index (χ2v) is 7.57. The zero-order chi connectivity index (χ0) is 20.9. The molecule has 0 spiro atoms. The van der Waals surface area contributed by atoms with Crippen molar-refractivity contribution in [3.05, 3.63) is 18.2 Å². The fourth-order valence-corrected chi connectivity index (χ4v) is 2.98. The van der Waals surface area contributed by atoms with Gasteiger partial charge in [-0.1, -0.05) is 0 Å². The standard InChI is InChI=1S/C18H28N4O6.BrH/c1-18(2,3)28-16(25)19-6-8-21-14(15(24)27-4)10-13-11-20(7-5-9-23)12-22(13)17(21)26;/h11-12,14,23H,5-10H2,1-4H3;1H/t14-;/m0./s1. The number of rotatable bonds is 7. The van der Waals surface area contributed by atoms with Crippen LogP contribution >= 0.6 is 0 Å². The number of aliphatic hydroxyl groups excluding tert-OH is 1. The third-order valence-corrected chi connectivity index (χ3v) is 4.19. The van der Waals surface area contributed by atoms with Gasteiger partial charge in [0.2, 0.25) is 0 Å². The lowest BCUT2D eigenvalue weighted by atomic mass is 10.1. The van der Waals surface area contributed by atoms with E-state index in [1.807, 2.05) is 0 Å². The number of hydrogen-bond acceptors (Lipinski definition) is 6. The summed E-state index contributed by atoms with van der Waals surface area (Å²) in [5, 5.41) is 11.6. The molecule has 29 heavy (non-hydrogen) atoms. The largest absolute Gasteiger partial charge is 1.00 e. The Bertz CT molecular complexity index is 730. The predicted molar refractivity (Wildman–Crippen MR) is 97.6 cm³/mol. The summed E-state index contributed by atoms with van der Waals surface area (Å²) in [6.07, 6.45) is 3.72. The maximum atomic E-state index is 12.9. The van der Waals surface area contributed by atoms with Gasteiger partial charge in [0.15, 0.2) is 5.69 Å². The van der Waals surface area contributed by atoms with Crippen molar-refractivity contribution in [3.8, 4) is 0 Å². The number of nitrogens with zero attached hydrogens (tertiary/aromatic N) is 3. The molecule has 0 saturated carbocycles. The third-order valence-electron chi connectivity index (χ3n) is 4.19. The SMILES string of the molecule is COC(=O)[C@@H]1Cc2c[n+](CCCO)cn2C(=O)N1CCNC(=O)OC(C)(C)C.[Br-]. The summed E-state index contributed by atoms with van der Waals surface area (Å²) in [6, 6.07) is -1.14. The predicted octanol–water partition coefficient (Wildman–Crippen LogP) is -2.95. The van der Waals surface area contributed by atoms with E-state index >= 15 is 0 Å². The van der Waals surface area contributed by atoms with Crippen LogP contribution in [0.4, 0.5) is 9.59 Å². The molecule has 1 aromatic heterocycles. The molecule has 2 heterocycles. The molecule has 164 valence electrons. The number of halogens is 1. The van der Waals surface area contributed by atoms with E-state index in [-0.39, 0.29) is 42.7 Å². The summed E-state index contributed by atoms with van der Waals surface area (Å²) in [5.41, 5.74) is 0.0663. The van der Waals surface area contributed by atoms with Crippen LogP contribution in [0.15, 0.2) is 12.5 Å². The molecule has 1 aliphatic heterocycles. The van der Waals surface area contributed by atoms with E-state index in [9.17, 15) is 14.4 Å². The molecule has 10 nitrogen and oxygen atoms in total. The molecule has 11 heteroatoms. The molecule has 0 saturated heterocycles. The van der Waals surface area contributed by atoms with Crippen LogP contribution in [0, 0.1) is 0 Å². The van der Waals surface area contributed by atoms with Gasteiger partial charge in [0.1, 0.15) is 17.8 Å². The van der Waals surface area contributed by atoms with Crippen molar-refractivity contribution in [1.82, 2.24) is 14.8 Å². The van der Waals surface area contributed by atoms with E-state index in [2.05, 4.69) is 5.32 Å². The van der Waals surface area contributed by atoms with Gasteiger partial charge in [0.05, 0.1) is 13.7 Å². The number of nitrogens with one attached hydrogen (secondary N) is 1. The molecular formula is C18H29BrN4O6. The fourth-order valence-electron chi connectivity index (χ4n) is 2.98. The summed E-state index contributed by atoms with van der Waals surface area (Å²) in [4.78, 5) is 38.3. The molecule has 0 fully saturated rings. The zero-order valence-corrected chi connectivity index (χ0v) is 18.8. The van der Waals surface area contributed by atoms with Gasteiger partial charge in [-0.25, -0.2) is 19.0 Å². The van der Waals surface area contributed by atoms with E-state index in [1.54, 1.807) is 37.9 Å². The number of methoxy groups -OCH3 is 1. The van der Waals surface area contributed by atoms with E-state index in [4.69, 9.17) is 14.6 Å². The molecule has 1 aliphatic rings. The Morgan fingerprint density at radius 3 is 2.66 bits per heavy atom. The van der Waals surface area contributed by atoms with Crippen LogP contribution in [0.2, 0.25) is 0 Å². The summed E-state index contributed by atoms with van der Waals surface area (Å²) in [7, 11) is 1.28. The van der Waals surface area contributed by atoms with E-state index in [0.29, 0.717) is 25.1 Å². The highest BCUT2D eigenvalue weighted by Gasteiger charge is 2.41. The number of aromatic nitrogens is 2. The lowest BCUT2D eigenvalue weighted by Gasteiger charge is -2.31. The summed E-state index contributed by atoms with van der Waals surface area (Å²) in [5.74, 6) is -0.514. The van der Waals surface area contributed by atoms with Gasteiger partial charge >= 0.3 is 18.1 Å². The molecule has 2 N–H and O–H groups in total. The van der Waals surface area contributed by atoms with Gasteiger partial charge in [-0.15, -0.1) is 4.57 Å². The minimum absolute atomic E-state index is 0. The number of esters is 1. The second-order valence-electron chi connectivity index (χ2n) is 7.57. The zero-order valence-electron chi connectivity index (χ0n) is 17.2. The quantitative estimate of drug-likeness (QED) is 0.321. The van der Waals surface area contributed by atoms with Crippen molar-refractivity contribution < 1.29 is 50.5 Å². The number of amides is 2. The molecular weight excluding hydrogens is 448 g/mol. The smallest absolute Gasteiger partial charge is 0.416 e. The molecule has 0 unspecified atom stereocenters. The first kappa shape index (κ1) is 24.9. The highest BCUT2D eigenvalue weighted by atomic mass is 79.9. The normalized spacial score (nSPS) is 16.0. The number of hydrogen-bond donors (Lipinski definition) is 2. The molecule has 0 bridgehead atoms. The maximum Gasteiger partial charge on any atom is 0.416 e. The van der Waals surface area contributed by atoms with Crippen molar-refractivity contribution in [3.63, 3.8) is 0 Å². The Kier molecular flexibility index (Phi) is 9.09. The second kappa shape index (κ2) is 10.6. The Morgan fingerprint density at radius 2 is 2.07 bits per heavy atom. The average molecular weight is 477 g/mol. The Hall–Kier alpha value is -2.14. The number of aliphatic hydroxyl groups is 1. The van der Waals surface area contributed by atoms with Crippen molar-refractivity contribution in [2.24, 2.45) is 0 Å². The van der Waals surface area contributed by atoms with Crippen LogP contribution in [0.5, 0.6) is 0 Å². The van der Waals surface area contributed by atoms with Crippen LogP contribution in [0.3, 0.4) is 0 Å². The highest BCUT2D eigenvalue weighted by molar-refractivity contribution is 5.87. The number of fused-ring (bicyclic) bond motifs is 1. The van der Waals surface area contributed by atoms with Gasteiger partial charge in [-0.2, -0.15) is 0 Å². The molecule has 1 atom stereocenters. The Morgan fingerprint density at radius 1 is 1.38 bits per heavy atom. The lowest BCUT2D eigenvalue weighted by Crippen LogP contribution is -3.00. The van der Waals surface area contributed by atoms with Gasteiger partial charge in [0, 0.05) is 32.5 Å². The van der Waals surface area contributed by atoms with Gasteiger partial charge < -0.3 is 36.9 Å². The highest BCUT2D eigenvalue weighted by Crippen LogP contribution is 2.18. The minimum Gasteiger partial charge on any atom is -1.00 e. The number of imidazole rings is 1. The van der Waals surface area contributed by atoms with Gasteiger partial charge in [-0.3, -0.25) is 4.90 Å². The molecule has 0 aromatic carbocycles. The summed E-state index contributed by atoms with van der Waals surface area (Å²) < 4.78 is 13.3. The third kappa shape index (κ3) is 6.70. The first-order valence-corrected chi connectivity index (χ1v) is 9.23. The summed E-state index contributed by atoms with van der Waals surface area (Å²) in [6.45, 7) is 6.15. The Labute approximate surface area is 180 Å². The van der Waals surface area contributed by atoms with E-state index in [0.717, 1.165) is 0 Å². The topological polar surface area (TPSA) is 114 Å². The average Bonchev–Trinajstić information content (AvgIpc) is 3.02. The summed E-state index contributed by atoms with van der Waals surface area (Å²) >= 11 is 0.